The Morgan fingerprint density at radius 3 is 2.21 bits per heavy atom. The van der Waals surface area contributed by atoms with Crippen LogP contribution in [0.1, 0.15) is 0 Å². The average Bonchev–Trinajstić information content (AvgIpc) is 2.39. The van der Waals surface area contributed by atoms with Crippen LogP contribution < -0.4 is 5.32 Å². The smallest absolute Gasteiger partial charge is 0.360 e. The lowest BCUT2D eigenvalue weighted by atomic mass is 10.1. The first-order valence-electron chi connectivity index (χ1n) is 5.00. The molecule has 98 valence electrons. The predicted octanol–water partition coefficient (Wildman–Crippen LogP) is 2.74. The van der Waals surface area contributed by atoms with Crippen molar-refractivity contribution >= 4 is 41.9 Å². The minimum absolute atomic E-state index is 0. The molecule has 1 aromatic carbocycles. The number of para-hydroxylation sites is 1. The first kappa shape index (κ1) is 16.8. The number of allylic oxidation sites excluding steroid dienone is 4. The lowest BCUT2D eigenvalue weighted by Crippen LogP contribution is -2.23. The van der Waals surface area contributed by atoms with Gasteiger partial charge in [-0.25, -0.2) is 0 Å². The second-order valence-electron chi connectivity index (χ2n) is 3.36. The second-order valence-corrected chi connectivity index (χ2v) is 3.36. The fourth-order valence-electron chi connectivity index (χ4n) is 1.49. The molecular formula is C12H11Cl2N5. The number of rotatable bonds is 2. The molecule has 0 radical (unpaired) electrons. The number of benzene rings is 1. The number of anilines is 1. The van der Waals surface area contributed by atoms with Gasteiger partial charge in [-0.3, -0.25) is 0 Å². The van der Waals surface area contributed by atoms with Crippen molar-refractivity contribution in [2.45, 2.75) is 0 Å². The molecule has 0 unspecified atom stereocenters. The molecule has 0 aromatic heterocycles. The molecule has 0 saturated heterocycles. The molecular weight excluding hydrogens is 285 g/mol. The minimum Gasteiger partial charge on any atom is -0.360 e. The molecule has 0 spiro atoms. The summed E-state index contributed by atoms with van der Waals surface area (Å²) < 4.78 is 0. The standard InChI is InChI=1S/C12H9N5.2ClH/c13-16-11-8-4-7-10(12(11)17-14)15-9-5-2-1-3-6-9;;/h1-8,15H;2*1H. The topological polar surface area (TPSA) is 84.8 Å². The third-order valence-electron chi connectivity index (χ3n) is 2.28. The van der Waals surface area contributed by atoms with Gasteiger partial charge in [0, 0.05) is 11.8 Å². The molecule has 19 heavy (non-hydrogen) atoms. The second kappa shape index (κ2) is 8.03. The maximum absolute atomic E-state index is 8.92. The average molecular weight is 296 g/mol. The summed E-state index contributed by atoms with van der Waals surface area (Å²) in [6, 6.07) is 9.44. The van der Waals surface area contributed by atoms with Gasteiger partial charge in [-0.05, 0) is 18.2 Å². The van der Waals surface area contributed by atoms with E-state index in [0.29, 0.717) is 5.70 Å². The van der Waals surface area contributed by atoms with E-state index in [4.69, 9.17) is 11.1 Å². The summed E-state index contributed by atoms with van der Waals surface area (Å²) in [6.07, 6.45) is 4.98. The van der Waals surface area contributed by atoms with Crippen LogP contribution in [0.15, 0.2) is 54.3 Å². The molecule has 1 aliphatic carbocycles. The molecule has 0 bridgehead atoms. The maximum atomic E-state index is 8.92. The van der Waals surface area contributed by atoms with Gasteiger partial charge in [-0.2, -0.15) is 9.58 Å². The minimum atomic E-state index is 0. The van der Waals surface area contributed by atoms with E-state index in [-0.39, 0.29) is 36.2 Å². The fraction of sp³-hybridized carbons (Fsp3) is 0. The first-order chi connectivity index (χ1) is 8.35. The van der Waals surface area contributed by atoms with E-state index in [2.05, 4.69) is 14.9 Å². The van der Waals surface area contributed by atoms with E-state index in [1.165, 1.54) is 0 Å². The molecule has 7 heteroatoms. The molecule has 0 heterocycles. The SMILES string of the molecule is Cl.Cl.[N-]=[N+]=C1C=CC=C(Nc2ccccc2)C1=[N+]=[N-]. The van der Waals surface area contributed by atoms with Crippen molar-refractivity contribution in [1.82, 2.24) is 0 Å². The summed E-state index contributed by atoms with van der Waals surface area (Å²) in [5.74, 6) is 0. The largest absolute Gasteiger partial charge is 0.426 e. The summed E-state index contributed by atoms with van der Waals surface area (Å²) in [4.78, 5) is 6.17. The van der Waals surface area contributed by atoms with Gasteiger partial charge in [0.15, 0.2) is 0 Å². The summed E-state index contributed by atoms with van der Waals surface area (Å²) in [5, 5.41) is 3.07. The van der Waals surface area contributed by atoms with Gasteiger partial charge in [0.25, 0.3) is 0 Å². The summed E-state index contributed by atoms with van der Waals surface area (Å²) in [6.45, 7) is 0. The molecule has 0 atom stereocenters. The Bertz CT molecular complexity index is 594. The maximum Gasteiger partial charge on any atom is 0.426 e. The Morgan fingerprint density at radius 1 is 0.947 bits per heavy atom. The van der Waals surface area contributed by atoms with E-state index in [0.717, 1.165) is 5.69 Å². The van der Waals surface area contributed by atoms with Crippen LogP contribution in [0.3, 0.4) is 0 Å². The highest BCUT2D eigenvalue weighted by molar-refractivity contribution is 6.49. The predicted molar refractivity (Wildman–Crippen MR) is 79.0 cm³/mol. The van der Waals surface area contributed by atoms with Crippen LogP contribution >= 0.6 is 24.8 Å². The highest BCUT2D eigenvalue weighted by Gasteiger charge is 2.30. The van der Waals surface area contributed by atoms with Crippen LogP contribution in [-0.4, -0.2) is 21.0 Å². The van der Waals surface area contributed by atoms with Gasteiger partial charge >= 0.3 is 11.4 Å². The number of nitrogens with one attached hydrogen (secondary N) is 1. The summed E-state index contributed by atoms with van der Waals surface area (Å²) >= 11 is 0. The van der Waals surface area contributed by atoms with Crippen LogP contribution in [0.5, 0.6) is 0 Å². The number of hydrogen-bond acceptors (Lipinski definition) is 1. The van der Waals surface area contributed by atoms with Gasteiger partial charge in [-0.15, -0.1) is 24.8 Å². The van der Waals surface area contributed by atoms with E-state index in [9.17, 15) is 0 Å². The lowest BCUT2D eigenvalue weighted by molar-refractivity contribution is -0.0224. The van der Waals surface area contributed by atoms with Crippen molar-refractivity contribution in [3.05, 3.63) is 65.3 Å². The van der Waals surface area contributed by atoms with Gasteiger partial charge in [0.05, 0.1) is 0 Å². The van der Waals surface area contributed by atoms with Crippen LogP contribution in [0, 0.1) is 0 Å². The Labute approximate surface area is 122 Å². The van der Waals surface area contributed by atoms with Crippen molar-refractivity contribution in [3.63, 3.8) is 0 Å². The van der Waals surface area contributed by atoms with Crippen molar-refractivity contribution in [2.24, 2.45) is 0 Å². The van der Waals surface area contributed by atoms with E-state index < -0.39 is 0 Å². The fourth-order valence-corrected chi connectivity index (χ4v) is 1.49. The number of halogens is 2. The van der Waals surface area contributed by atoms with Crippen LogP contribution in [0.4, 0.5) is 5.69 Å². The van der Waals surface area contributed by atoms with Crippen LogP contribution in [0.25, 0.3) is 11.1 Å². The number of hydrogen-bond donors (Lipinski definition) is 1. The van der Waals surface area contributed by atoms with Crippen molar-refractivity contribution in [1.29, 1.82) is 0 Å². The van der Waals surface area contributed by atoms with E-state index >= 15 is 0 Å². The van der Waals surface area contributed by atoms with Crippen LogP contribution in [-0.2, 0) is 0 Å². The Hall–Kier alpha value is -2.16. The van der Waals surface area contributed by atoms with Gasteiger partial charge in [0.2, 0.25) is 0 Å². The van der Waals surface area contributed by atoms with Gasteiger partial charge in [-0.1, -0.05) is 24.3 Å². The highest BCUT2D eigenvalue weighted by atomic mass is 35.5. The van der Waals surface area contributed by atoms with Gasteiger partial charge < -0.3 is 16.4 Å². The molecule has 0 fully saturated rings. The zero-order chi connectivity index (χ0) is 12.1. The molecule has 0 amide bonds. The third kappa shape index (κ3) is 3.91. The molecule has 1 aromatic rings. The lowest BCUT2D eigenvalue weighted by Gasteiger charge is -2.06. The first-order valence-corrected chi connectivity index (χ1v) is 5.00. The van der Waals surface area contributed by atoms with Crippen molar-refractivity contribution in [2.75, 3.05) is 5.32 Å². The summed E-state index contributed by atoms with van der Waals surface area (Å²) in [5.41, 5.74) is 19.5. The van der Waals surface area contributed by atoms with Crippen LogP contribution in [0.2, 0.25) is 0 Å². The van der Waals surface area contributed by atoms with Gasteiger partial charge in [0.1, 0.15) is 5.70 Å². The Morgan fingerprint density at radius 2 is 1.63 bits per heavy atom. The quantitative estimate of drug-likeness (QED) is 0.508. The normalized spacial score (nSPS) is 12.3. The van der Waals surface area contributed by atoms with E-state index in [1.807, 2.05) is 30.3 Å². The molecule has 2 rings (SSSR count). The monoisotopic (exact) mass is 295 g/mol. The third-order valence-corrected chi connectivity index (χ3v) is 2.28. The Kier molecular flexibility index (Phi) is 7.12. The highest BCUT2D eigenvalue weighted by Crippen LogP contribution is 2.12. The molecule has 5 nitrogen and oxygen atoms in total. The molecule has 1 aliphatic rings. The van der Waals surface area contributed by atoms with E-state index in [1.54, 1.807) is 18.2 Å². The molecule has 1 N–H and O–H groups in total. The Balaban J connectivity index is 0.00000162. The number of nitrogens with zero attached hydrogens (tertiary/aromatic N) is 4. The summed E-state index contributed by atoms with van der Waals surface area (Å²) in [7, 11) is 0. The zero-order valence-electron chi connectivity index (χ0n) is 9.72. The zero-order valence-corrected chi connectivity index (χ0v) is 11.4. The van der Waals surface area contributed by atoms with Crippen molar-refractivity contribution < 1.29 is 9.58 Å². The van der Waals surface area contributed by atoms with Crippen molar-refractivity contribution in [3.8, 4) is 0 Å². The molecule has 0 aliphatic heterocycles. The molecule has 0 saturated carbocycles.